The van der Waals surface area contributed by atoms with Gasteiger partial charge in [-0.3, -0.25) is 4.98 Å². The molecule has 134 valence electrons. The van der Waals surface area contributed by atoms with Crippen molar-refractivity contribution in [1.29, 1.82) is 0 Å². The van der Waals surface area contributed by atoms with E-state index >= 15 is 0 Å². The molecule has 0 aromatic carbocycles. The first kappa shape index (κ1) is 17.6. The van der Waals surface area contributed by atoms with Crippen molar-refractivity contribution < 1.29 is 9.84 Å². The van der Waals surface area contributed by atoms with Crippen LogP contribution in [-0.4, -0.2) is 53.0 Å². The lowest BCUT2D eigenvalue weighted by Gasteiger charge is -2.13. The molecule has 1 fully saturated rings. The van der Waals surface area contributed by atoms with Crippen LogP contribution < -0.4 is 10.6 Å². The van der Waals surface area contributed by atoms with Crippen LogP contribution in [0.15, 0.2) is 24.4 Å². The first-order chi connectivity index (χ1) is 12.3. The van der Waals surface area contributed by atoms with Crippen LogP contribution in [0.2, 0.25) is 0 Å². The van der Waals surface area contributed by atoms with Gasteiger partial charge in [0.25, 0.3) is 0 Å². The van der Waals surface area contributed by atoms with Crippen molar-refractivity contribution in [2.24, 2.45) is 0 Å². The highest BCUT2D eigenvalue weighted by Crippen LogP contribution is 2.26. The highest BCUT2D eigenvalue weighted by Gasteiger charge is 2.20. The normalized spacial score (nSPS) is 16.8. The van der Waals surface area contributed by atoms with Gasteiger partial charge >= 0.3 is 0 Å². The van der Waals surface area contributed by atoms with Crippen LogP contribution in [0.3, 0.4) is 0 Å². The largest absolute Gasteiger partial charge is 0.395 e. The molecule has 2 aromatic heterocycles. The van der Waals surface area contributed by atoms with Gasteiger partial charge in [-0.25, -0.2) is 4.98 Å². The molecule has 0 amide bonds. The maximum absolute atomic E-state index is 9.01. The van der Waals surface area contributed by atoms with Crippen LogP contribution in [-0.2, 0) is 11.2 Å². The Morgan fingerprint density at radius 3 is 2.96 bits per heavy atom. The summed E-state index contributed by atoms with van der Waals surface area (Å²) < 4.78 is 5.48. The molecule has 1 unspecified atom stereocenters. The summed E-state index contributed by atoms with van der Waals surface area (Å²) in [4.78, 5) is 13.5. The molecule has 0 saturated carbocycles. The zero-order valence-electron chi connectivity index (χ0n) is 14.5. The number of hydrogen-bond donors (Lipinski definition) is 3. The maximum atomic E-state index is 9.01. The minimum Gasteiger partial charge on any atom is -0.395 e. The summed E-state index contributed by atoms with van der Waals surface area (Å²) in [5.74, 6) is 1.62. The number of pyridine rings is 1. The third-order valence-corrected chi connectivity index (χ3v) is 4.27. The summed E-state index contributed by atoms with van der Waals surface area (Å²) in [5, 5.41) is 15.4. The number of nitrogens with one attached hydrogen (secondary N) is 2. The van der Waals surface area contributed by atoms with Crippen LogP contribution >= 0.6 is 0 Å². The average molecular weight is 343 g/mol. The van der Waals surface area contributed by atoms with Gasteiger partial charge in [-0.2, -0.15) is 4.98 Å². The summed E-state index contributed by atoms with van der Waals surface area (Å²) in [6.07, 6.45) is 3.63. The minimum atomic E-state index is 0.0435. The van der Waals surface area contributed by atoms with E-state index in [0.717, 1.165) is 43.2 Å². The number of rotatable bonds is 8. The molecular formula is C18H25N5O2. The number of aryl methyl sites for hydroxylation is 1. The Labute approximate surface area is 147 Å². The highest BCUT2D eigenvalue weighted by atomic mass is 16.5. The Balaban J connectivity index is 1.68. The van der Waals surface area contributed by atoms with Gasteiger partial charge in [0.15, 0.2) is 0 Å². The van der Waals surface area contributed by atoms with Crippen LogP contribution in [0.1, 0.15) is 29.3 Å². The summed E-state index contributed by atoms with van der Waals surface area (Å²) in [5.41, 5.74) is 3.26. The Bertz CT molecular complexity index is 689. The van der Waals surface area contributed by atoms with Crippen LogP contribution in [0.5, 0.6) is 0 Å². The fraction of sp³-hybridized carbons (Fsp3) is 0.500. The number of aromatic nitrogens is 3. The topological polar surface area (TPSA) is 92.2 Å². The van der Waals surface area contributed by atoms with Crippen molar-refractivity contribution in [3.63, 3.8) is 0 Å². The minimum absolute atomic E-state index is 0.0435. The van der Waals surface area contributed by atoms with Crippen LogP contribution in [0, 0.1) is 6.92 Å². The van der Waals surface area contributed by atoms with Gasteiger partial charge in [-0.05, 0) is 25.0 Å². The predicted molar refractivity (Wildman–Crippen MR) is 97.0 cm³/mol. The molecular weight excluding hydrogens is 318 g/mol. The Morgan fingerprint density at radius 1 is 1.28 bits per heavy atom. The van der Waals surface area contributed by atoms with Crippen molar-refractivity contribution in [3.8, 4) is 0 Å². The Hall–Kier alpha value is -2.25. The van der Waals surface area contributed by atoms with E-state index in [9.17, 15) is 0 Å². The van der Waals surface area contributed by atoms with E-state index in [1.54, 1.807) is 0 Å². The monoisotopic (exact) mass is 343 g/mol. The van der Waals surface area contributed by atoms with E-state index in [2.05, 4.69) is 38.6 Å². The van der Waals surface area contributed by atoms with Crippen molar-refractivity contribution in [2.75, 3.05) is 43.5 Å². The molecule has 3 heterocycles. The van der Waals surface area contributed by atoms with Crippen molar-refractivity contribution in [3.05, 3.63) is 41.3 Å². The molecule has 1 atom stereocenters. The highest BCUT2D eigenvalue weighted by molar-refractivity contribution is 5.43. The average Bonchev–Trinajstić information content (AvgIpc) is 3.16. The van der Waals surface area contributed by atoms with Crippen molar-refractivity contribution >= 4 is 11.8 Å². The van der Waals surface area contributed by atoms with Crippen molar-refractivity contribution in [2.45, 2.75) is 25.7 Å². The van der Waals surface area contributed by atoms with Gasteiger partial charge in [0.2, 0.25) is 5.95 Å². The molecule has 3 N–H and O–H groups in total. The molecule has 1 aliphatic rings. The van der Waals surface area contributed by atoms with Gasteiger partial charge in [0, 0.05) is 50.0 Å². The zero-order chi connectivity index (χ0) is 17.5. The van der Waals surface area contributed by atoms with E-state index in [0.29, 0.717) is 25.0 Å². The molecule has 0 spiro atoms. The summed E-state index contributed by atoms with van der Waals surface area (Å²) in [6.45, 7) is 4.76. The Kier molecular flexibility index (Phi) is 6.14. The standard InChI is InChI=1S/C18H25N5O2/c1-13-3-2-6-19-15(13)4-7-20-17-11-16(14-5-10-25-12-14)22-18(23-17)21-8-9-24/h2-3,6,11,14,24H,4-5,7-10,12H2,1H3,(H2,20,21,22,23). The zero-order valence-corrected chi connectivity index (χ0v) is 14.5. The fourth-order valence-electron chi connectivity index (χ4n) is 2.87. The molecule has 0 bridgehead atoms. The lowest BCUT2D eigenvalue weighted by Crippen LogP contribution is -2.14. The fourth-order valence-corrected chi connectivity index (χ4v) is 2.87. The second-order valence-electron chi connectivity index (χ2n) is 6.16. The Morgan fingerprint density at radius 2 is 2.20 bits per heavy atom. The number of hydrogen-bond acceptors (Lipinski definition) is 7. The van der Waals surface area contributed by atoms with Gasteiger partial charge in [0.05, 0.1) is 18.9 Å². The number of aliphatic hydroxyl groups excluding tert-OH is 1. The number of aliphatic hydroxyl groups is 1. The first-order valence-corrected chi connectivity index (χ1v) is 8.72. The third-order valence-electron chi connectivity index (χ3n) is 4.27. The SMILES string of the molecule is Cc1cccnc1CCNc1cc(C2CCOC2)nc(NCCO)n1. The summed E-state index contributed by atoms with van der Waals surface area (Å²) in [6, 6.07) is 6.02. The molecule has 7 heteroatoms. The van der Waals surface area contributed by atoms with Gasteiger partial charge < -0.3 is 20.5 Å². The predicted octanol–water partition coefficient (Wildman–Crippen LogP) is 1.74. The molecule has 0 radical (unpaired) electrons. The number of nitrogens with zero attached hydrogens (tertiary/aromatic N) is 3. The van der Waals surface area contributed by atoms with E-state index in [4.69, 9.17) is 9.84 Å². The molecule has 2 aromatic rings. The van der Waals surface area contributed by atoms with Crippen LogP contribution in [0.4, 0.5) is 11.8 Å². The molecule has 7 nitrogen and oxygen atoms in total. The summed E-state index contributed by atoms with van der Waals surface area (Å²) in [7, 11) is 0. The van der Waals surface area contributed by atoms with Gasteiger partial charge in [0.1, 0.15) is 5.82 Å². The van der Waals surface area contributed by atoms with Crippen LogP contribution in [0.25, 0.3) is 0 Å². The second-order valence-corrected chi connectivity index (χ2v) is 6.16. The van der Waals surface area contributed by atoms with Gasteiger partial charge in [-0.1, -0.05) is 6.07 Å². The van der Waals surface area contributed by atoms with E-state index < -0.39 is 0 Å². The lowest BCUT2D eigenvalue weighted by molar-refractivity contribution is 0.193. The molecule has 1 aliphatic heterocycles. The lowest BCUT2D eigenvalue weighted by atomic mass is 10.0. The number of anilines is 2. The van der Waals surface area contributed by atoms with Gasteiger partial charge in [-0.15, -0.1) is 0 Å². The first-order valence-electron chi connectivity index (χ1n) is 8.72. The quantitative estimate of drug-likeness (QED) is 0.672. The smallest absolute Gasteiger partial charge is 0.224 e. The van der Waals surface area contributed by atoms with E-state index in [-0.39, 0.29) is 6.61 Å². The summed E-state index contributed by atoms with van der Waals surface area (Å²) >= 11 is 0. The molecule has 0 aliphatic carbocycles. The van der Waals surface area contributed by atoms with E-state index in [1.165, 1.54) is 5.56 Å². The third kappa shape index (κ3) is 4.87. The van der Waals surface area contributed by atoms with Crippen molar-refractivity contribution in [1.82, 2.24) is 15.0 Å². The number of ether oxygens (including phenoxy) is 1. The molecule has 25 heavy (non-hydrogen) atoms. The maximum Gasteiger partial charge on any atom is 0.224 e. The molecule has 1 saturated heterocycles. The van der Waals surface area contributed by atoms with E-state index in [1.807, 2.05) is 18.3 Å². The molecule has 3 rings (SSSR count). The second kappa shape index (κ2) is 8.73.